The van der Waals surface area contributed by atoms with Crippen molar-refractivity contribution in [1.29, 1.82) is 0 Å². The van der Waals surface area contributed by atoms with Gasteiger partial charge in [0.1, 0.15) is 0 Å². The second kappa shape index (κ2) is 5.87. The van der Waals surface area contributed by atoms with Crippen LogP contribution in [0.1, 0.15) is 34.6 Å². The Morgan fingerprint density at radius 1 is 1.33 bits per heavy atom. The molecule has 0 aliphatic heterocycles. The molecule has 0 heteroatoms. The molecule has 0 saturated heterocycles. The Morgan fingerprint density at radius 2 is 1.78 bits per heavy atom. The summed E-state index contributed by atoms with van der Waals surface area (Å²) in [4.78, 5) is 0. The third-order valence-electron chi connectivity index (χ3n) is 1.68. The second-order valence-electron chi connectivity index (χ2n) is 2.75. The smallest absolute Gasteiger partial charge is 0.0325 e. The summed E-state index contributed by atoms with van der Waals surface area (Å²) in [6.07, 6.45) is 3.14. The monoisotopic (exact) mass is 128 g/mol. The Bertz CT molecular complexity index is 62.4. The highest BCUT2D eigenvalue weighted by Crippen LogP contribution is 2.13. The van der Waals surface area contributed by atoms with Crippen LogP contribution in [0.3, 0.4) is 0 Å². The first-order chi connectivity index (χ1) is 3.68. The number of rotatable bonds is 3. The molecule has 1 atom stereocenters. The van der Waals surface area contributed by atoms with Gasteiger partial charge in [0.15, 0.2) is 0 Å². The van der Waals surface area contributed by atoms with Gasteiger partial charge < -0.3 is 0 Å². The van der Waals surface area contributed by atoms with Crippen molar-refractivity contribution in [2.75, 3.05) is 0 Å². The van der Waals surface area contributed by atoms with Crippen molar-refractivity contribution in [1.82, 2.24) is 0 Å². The van der Waals surface area contributed by atoms with Crippen molar-refractivity contribution >= 4 is 0 Å². The summed E-state index contributed by atoms with van der Waals surface area (Å²) < 4.78 is 0. The molecule has 0 amide bonds. The minimum absolute atomic E-state index is 0. The lowest BCUT2D eigenvalue weighted by Crippen LogP contribution is -2.01. The van der Waals surface area contributed by atoms with Gasteiger partial charge >= 0.3 is 0 Å². The van der Waals surface area contributed by atoms with Crippen LogP contribution in [0, 0.1) is 11.8 Å². The molecule has 0 aliphatic rings. The summed E-state index contributed by atoms with van der Waals surface area (Å²) in [6, 6.07) is 0. The van der Waals surface area contributed by atoms with Gasteiger partial charge in [0.25, 0.3) is 0 Å². The molecule has 0 N–H and O–H groups in total. The average Bonchev–Trinajstić information content (AvgIpc) is 1.67. The van der Waals surface area contributed by atoms with Crippen LogP contribution >= 0.6 is 0 Å². The Labute approximate surface area is 60.0 Å². The molecule has 0 radical (unpaired) electrons. The lowest BCUT2D eigenvalue weighted by Gasteiger charge is -2.11. The zero-order valence-corrected chi connectivity index (χ0v) is 6.15. The second-order valence-corrected chi connectivity index (χ2v) is 2.75. The highest BCUT2D eigenvalue weighted by atomic mass is 14.1. The van der Waals surface area contributed by atoms with Crippen molar-refractivity contribution < 1.29 is 0 Å². The summed E-state index contributed by atoms with van der Waals surface area (Å²) in [5.41, 5.74) is 0. The molecule has 0 bridgehead atoms. The van der Waals surface area contributed by atoms with E-state index in [1.807, 2.05) is 6.08 Å². The first-order valence-electron chi connectivity index (χ1n) is 3.29. The van der Waals surface area contributed by atoms with Gasteiger partial charge in [0, 0.05) is 0 Å². The molecular weight excluding hydrogens is 108 g/mol. The summed E-state index contributed by atoms with van der Waals surface area (Å²) in [6.45, 7) is 10.4. The van der Waals surface area contributed by atoms with Crippen LogP contribution in [0.15, 0.2) is 12.7 Å². The third-order valence-corrected chi connectivity index (χ3v) is 1.68. The Morgan fingerprint density at radius 3 is 1.89 bits per heavy atom. The van der Waals surface area contributed by atoms with Crippen LogP contribution in [-0.2, 0) is 0 Å². The normalized spacial score (nSPS) is 12.4. The molecule has 0 aromatic rings. The van der Waals surface area contributed by atoms with E-state index in [1.54, 1.807) is 0 Å². The van der Waals surface area contributed by atoms with E-state index < -0.39 is 0 Å². The molecule has 0 heterocycles. The lowest BCUT2D eigenvalue weighted by molar-refractivity contribution is 0.424. The molecular formula is C9H20. The molecule has 0 aliphatic carbocycles. The van der Waals surface area contributed by atoms with E-state index in [2.05, 4.69) is 27.4 Å². The molecule has 0 saturated carbocycles. The standard InChI is InChI=1S/C8H16.CH4/c1-5-6-8(4)7(2)3;/h5,7-8H,1,6H2,2-4H3;1H4/t8-;/m1./s1. The topological polar surface area (TPSA) is 0 Å². The fraction of sp³-hybridized carbons (Fsp3) is 0.778. The van der Waals surface area contributed by atoms with Gasteiger partial charge in [-0.1, -0.05) is 34.3 Å². The first-order valence-corrected chi connectivity index (χ1v) is 3.29. The van der Waals surface area contributed by atoms with Crippen molar-refractivity contribution in [2.45, 2.75) is 34.6 Å². The van der Waals surface area contributed by atoms with Crippen LogP contribution in [0.2, 0.25) is 0 Å². The van der Waals surface area contributed by atoms with E-state index in [0.29, 0.717) is 0 Å². The van der Waals surface area contributed by atoms with Gasteiger partial charge in [-0.2, -0.15) is 0 Å². The van der Waals surface area contributed by atoms with Gasteiger partial charge in [-0.3, -0.25) is 0 Å². The fourth-order valence-corrected chi connectivity index (χ4v) is 0.535. The van der Waals surface area contributed by atoms with Crippen molar-refractivity contribution in [3.8, 4) is 0 Å². The van der Waals surface area contributed by atoms with E-state index in [9.17, 15) is 0 Å². The lowest BCUT2D eigenvalue weighted by atomic mass is 9.95. The maximum atomic E-state index is 3.68. The number of hydrogen-bond acceptors (Lipinski definition) is 0. The minimum Gasteiger partial charge on any atom is -0.103 e. The van der Waals surface area contributed by atoms with Gasteiger partial charge in [0.05, 0.1) is 0 Å². The molecule has 9 heavy (non-hydrogen) atoms. The Kier molecular flexibility index (Phi) is 7.52. The zero-order valence-electron chi connectivity index (χ0n) is 6.15. The fourth-order valence-electron chi connectivity index (χ4n) is 0.535. The van der Waals surface area contributed by atoms with Crippen molar-refractivity contribution in [2.24, 2.45) is 11.8 Å². The highest BCUT2D eigenvalue weighted by Gasteiger charge is 2.02. The molecule has 56 valence electrons. The van der Waals surface area contributed by atoms with Crippen molar-refractivity contribution in [3.63, 3.8) is 0 Å². The maximum absolute atomic E-state index is 3.68. The third kappa shape index (κ3) is 5.61. The average molecular weight is 128 g/mol. The largest absolute Gasteiger partial charge is 0.103 e. The van der Waals surface area contributed by atoms with Crippen molar-refractivity contribution in [3.05, 3.63) is 12.7 Å². The van der Waals surface area contributed by atoms with Gasteiger partial charge in [-0.15, -0.1) is 6.58 Å². The molecule has 0 aromatic heterocycles. The van der Waals surface area contributed by atoms with Crippen LogP contribution in [0.4, 0.5) is 0 Å². The summed E-state index contributed by atoms with van der Waals surface area (Å²) in [5.74, 6) is 1.60. The molecule has 0 fully saturated rings. The number of allylic oxidation sites excluding steroid dienone is 1. The molecule has 0 nitrogen and oxygen atoms in total. The SMILES string of the molecule is C.C=CC[C@@H](C)C(C)C. The maximum Gasteiger partial charge on any atom is -0.0325 e. The highest BCUT2D eigenvalue weighted by molar-refractivity contribution is 4.71. The number of hydrogen-bond donors (Lipinski definition) is 0. The molecule has 0 spiro atoms. The molecule has 0 unspecified atom stereocenters. The molecule has 0 aromatic carbocycles. The van der Waals surface area contributed by atoms with Gasteiger partial charge in [-0.05, 0) is 18.3 Å². The van der Waals surface area contributed by atoms with Crippen LogP contribution in [-0.4, -0.2) is 0 Å². The van der Waals surface area contributed by atoms with E-state index in [1.165, 1.54) is 0 Å². The van der Waals surface area contributed by atoms with E-state index in [-0.39, 0.29) is 7.43 Å². The summed E-state index contributed by atoms with van der Waals surface area (Å²) in [7, 11) is 0. The van der Waals surface area contributed by atoms with Gasteiger partial charge in [0.2, 0.25) is 0 Å². The van der Waals surface area contributed by atoms with E-state index >= 15 is 0 Å². The predicted molar refractivity (Wildman–Crippen MR) is 45.5 cm³/mol. The quantitative estimate of drug-likeness (QED) is 0.510. The summed E-state index contributed by atoms with van der Waals surface area (Å²) >= 11 is 0. The predicted octanol–water partition coefficient (Wildman–Crippen LogP) is 3.49. The van der Waals surface area contributed by atoms with Crippen LogP contribution in [0.25, 0.3) is 0 Å². The van der Waals surface area contributed by atoms with E-state index in [0.717, 1.165) is 18.3 Å². The Balaban J connectivity index is 0. The molecule has 0 rings (SSSR count). The summed E-state index contributed by atoms with van der Waals surface area (Å²) in [5, 5.41) is 0. The Hall–Kier alpha value is -0.260. The van der Waals surface area contributed by atoms with Gasteiger partial charge in [-0.25, -0.2) is 0 Å². The minimum atomic E-state index is 0. The zero-order chi connectivity index (χ0) is 6.57. The van der Waals surface area contributed by atoms with Crippen LogP contribution < -0.4 is 0 Å². The van der Waals surface area contributed by atoms with E-state index in [4.69, 9.17) is 0 Å². The van der Waals surface area contributed by atoms with Crippen LogP contribution in [0.5, 0.6) is 0 Å². The first kappa shape index (κ1) is 11.5.